The molecule has 104 valence electrons. The smallest absolute Gasteiger partial charge is 0.232 e. The third-order valence-corrected chi connectivity index (χ3v) is 4.20. The normalized spacial score (nSPS) is 19.5. The van der Waals surface area contributed by atoms with Crippen molar-refractivity contribution in [1.82, 2.24) is 4.90 Å². The molecule has 1 aliphatic rings. The fourth-order valence-electron chi connectivity index (χ4n) is 2.02. The van der Waals surface area contributed by atoms with E-state index in [-0.39, 0.29) is 12.0 Å². The highest BCUT2D eigenvalue weighted by molar-refractivity contribution is 7.99. The number of ether oxygens (including phenoxy) is 1. The fourth-order valence-corrected chi connectivity index (χ4v) is 3.11. The quantitative estimate of drug-likeness (QED) is 0.856. The molecular formula is C14H18ClNO2S. The highest BCUT2D eigenvalue weighted by Gasteiger charge is 2.20. The Bertz CT molecular complexity index is 441. The number of rotatable bonds is 4. The van der Waals surface area contributed by atoms with Crippen molar-refractivity contribution in [3.8, 4) is 0 Å². The van der Waals surface area contributed by atoms with Crippen LogP contribution in [0.3, 0.4) is 0 Å². The number of amides is 1. The molecule has 2 rings (SSSR count). The summed E-state index contributed by atoms with van der Waals surface area (Å²) >= 11 is 7.55. The topological polar surface area (TPSA) is 29.5 Å². The molecule has 1 saturated heterocycles. The molecule has 3 nitrogen and oxygen atoms in total. The maximum atomic E-state index is 12.0. The van der Waals surface area contributed by atoms with Gasteiger partial charge in [-0.15, -0.1) is 11.8 Å². The summed E-state index contributed by atoms with van der Waals surface area (Å²) < 4.78 is 5.43. The monoisotopic (exact) mass is 299 g/mol. The molecule has 1 fully saturated rings. The second-order valence-corrected chi connectivity index (χ2v) is 6.07. The zero-order chi connectivity index (χ0) is 13.7. The average molecular weight is 300 g/mol. The number of hydrogen-bond acceptors (Lipinski definition) is 3. The molecule has 5 heteroatoms. The number of carbonyl (C=O) groups excluding carboxylic acids is 1. The Hall–Kier alpha value is -0.710. The predicted octanol–water partition coefficient (Wildman–Crippen LogP) is 2.82. The van der Waals surface area contributed by atoms with Gasteiger partial charge in [-0.2, -0.15) is 0 Å². The number of benzene rings is 1. The zero-order valence-corrected chi connectivity index (χ0v) is 12.5. The molecule has 0 aromatic heterocycles. The van der Waals surface area contributed by atoms with Gasteiger partial charge in [0.05, 0.1) is 18.5 Å². The van der Waals surface area contributed by atoms with E-state index in [1.165, 1.54) is 0 Å². The van der Waals surface area contributed by atoms with Gasteiger partial charge in [-0.25, -0.2) is 0 Å². The van der Waals surface area contributed by atoms with E-state index in [4.69, 9.17) is 16.3 Å². The van der Waals surface area contributed by atoms with E-state index < -0.39 is 0 Å². The van der Waals surface area contributed by atoms with Gasteiger partial charge in [0.2, 0.25) is 5.91 Å². The summed E-state index contributed by atoms with van der Waals surface area (Å²) in [5.41, 5.74) is 1.15. The number of morpholine rings is 1. The van der Waals surface area contributed by atoms with E-state index in [2.05, 4.69) is 0 Å². The first-order valence-electron chi connectivity index (χ1n) is 6.36. The Morgan fingerprint density at radius 1 is 1.58 bits per heavy atom. The third-order valence-electron chi connectivity index (χ3n) is 2.98. The van der Waals surface area contributed by atoms with Crippen LogP contribution in [0.5, 0.6) is 0 Å². The van der Waals surface area contributed by atoms with Crippen LogP contribution >= 0.6 is 23.4 Å². The van der Waals surface area contributed by atoms with Gasteiger partial charge < -0.3 is 9.64 Å². The largest absolute Gasteiger partial charge is 0.375 e. The van der Waals surface area contributed by atoms with Crippen molar-refractivity contribution in [2.24, 2.45) is 0 Å². The van der Waals surface area contributed by atoms with Crippen LogP contribution in [0.1, 0.15) is 12.5 Å². The van der Waals surface area contributed by atoms with Gasteiger partial charge >= 0.3 is 0 Å². The molecule has 1 unspecified atom stereocenters. The van der Waals surface area contributed by atoms with Crippen LogP contribution in [0.25, 0.3) is 0 Å². The highest BCUT2D eigenvalue weighted by Crippen LogP contribution is 2.17. The molecule has 1 aromatic carbocycles. The fraction of sp³-hybridized carbons (Fsp3) is 0.500. The minimum Gasteiger partial charge on any atom is -0.375 e. The Morgan fingerprint density at radius 3 is 3.16 bits per heavy atom. The number of thioether (sulfide) groups is 1. The first kappa shape index (κ1) is 14.7. The van der Waals surface area contributed by atoms with Crippen molar-refractivity contribution in [3.05, 3.63) is 34.9 Å². The number of halogens is 1. The zero-order valence-electron chi connectivity index (χ0n) is 11.0. The van der Waals surface area contributed by atoms with Crippen molar-refractivity contribution < 1.29 is 9.53 Å². The van der Waals surface area contributed by atoms with E-state index in [0.29, 0.717) is 25.4 Å². The Morgan fingerprint density at radius 2 is 2.42 bits per heavy atom. The second kappa shape index (κ2) is 7.17. The molecule has 1 aliphatic heterocycles. The third kappa shape index (κ3) is 4.71. The van der Waals surface area contributed by atoms with E-state index in [1.54, 1.807) is 11.8 Å². The lowest BCUT2D eigenvalue weighted by Crippen LogP contribution is -2.45. The van der Waals surface area contributed by atoms with Crippen LogP contribution < -0.4 is 0 Å². The van der Waals surface area contributed by atoms with Crippen LogP contribution in [-0.4, -0.2) is 42.4 Å². The molecule has 0 saturated carbocycles. The van der Waals surface area contributed by atoms with Gasteiger partial charge in [-0.05, 0) is 24.6 Å². The molecule has 0 radical (unpaired) electrons. The summed E-state index contributed by atoms with van der Waals surface area (Å²) in [5.74, 6) is 1.52. The molecule has 1 atom stereocenters. The first-order valence-corrected chi connectivity index (χ1v) is 7.90. The molecule has 19 heavy (non-hydrogen) atoms. The minimum absolute atomic E-state index is 0.149. The van der Waals surface area contributed by atoms with Gasteiger partial charge in [-0.3, -0.25) is 4.79 Å². The summed E-state index contributed by atoms with van der Waals surface area (Å²) in [6, 6.07) is 7.76. The standard InChI is InChI=1S/C14H18ClNO2S/c1-11-8-16(5-6-18-11)14(17)10-19-9-12-3-2-4-13(15)7-12/h2-4,7,11H,5-6,8-10H2,1H3. The van der Waals surface area contributed by atoms with Crippen LogP contribution in [0.15, 0.2) is 24.3 Å². The molecule has 1 aromatic rings. The summed E-state index contributed by atoms with van der Waals surface area (Å²) in [7, 11) is 0. The van der Waals surface area contributed by atoms with Gasteiger partial charge in [0.15, 0.2) is 0 Å². The highest BCUT2D eigenvalue weighted by atomic mass is 35.5. The predicted molar refractivity (Wildman–Crippen MR) is 79.6 cm³/mol. The van der Waals surface area contributed by atoms with E-state index in [0.717, 1.165) is 16.3 Å². The summed E-state index contributed by atoms with van der Waals surface area (Å²) in [6.45, 7) is 4.06. The number of nitrogens with zero attached hydrogens (tertiary/aromatic N) is 1. The average Bonchev–Trinajstić information content (AvgIpc) is 2.38. The van der Waals surface area contributed by atoms with Crippen molar-refractivity contribution in [1.29, 1.82) is 0 Å². The van der Waals surface area contributed by atoms with Crippen LogP contribution in [0, 0.1) is 0 Å². The molecular weight excluding hydrogens is 282 g/mol. The first-order chi connectivity index (χ1) is 9.15. The lowest BCUT2D eigenvalue weighted by Gasteiger charge is -2.31. The van der Waals surface area contributed by atoms with Crippen molar-refractivity contribution in [2.45, 2.75) is 18.8 Å². The minimum atomic E-state index is 0.149. The Labute approximate surface area is 123 Å². The van der Waals surface area contributed by atoms with Gasteiger partial charge in [0, 0.05) is 23.9 Å². The maximum Gasteiger partial charge on any atom is 0.232 e. The van der Waals surface area contributed by atoms with Crippen molar-refractivity contribution in [3.63, 3.8) is 0 Å². The molecule has 0 spiro atoms. The van der Waals surface area contributed by atoms with Gasteiger partial charge in [0.25, 0.3) is 0 Å². The summed E-state index contributed by atoms with van der Waals surface area (Å²) in [6.07, 6.45) is 0.149. The van der Waals surface area contributed by atoms with Crippen LogP contribution in [0.4, 0.5) is 0 Å². The Balaban J connectivity index is 1.74. The second-order valence-electron chi connectivity index (χ2n) is 4.64. The van der Waals surface area contributed by atoms with Crippen molar-refractivity contribution >= 4 is 29.3 Å². The lowest BCUT2D eigenvalue weighted by atomic mass is 10.2. The van der Waals surface area contributed by atoms with Crippen molar-refractivity contribution in [2.75, 3.05) is 25.4 Å². The number of hydrogen-bond donors (Lipinski definition) is 0. The Kier molecular flexibility index (Phi) is 5.55. The number of carbonyl (C=O) groups is 1. The van der Waals surface area contributed by atoms with E-state index >= 15 is 0 Å². The van der Waals surface area contributed by atoms with E-state index in [1.807, 2.05) is 36.1 Å². The molecule has 0 bridgehead atoms. The van der Waals surface area contributed by atoms with Gasteiger partial charge in [-0.1, -0.05) is 23.7 Å². The molecule has 0 aliphatic carbocycles. The molecule has 1 amide bonds. The van der Waals surface area contributed by atoms with Crippen LogP contribution in [-0.2, 0) is 15.3 Å². The summed E-state index contributed by atoms with van der Waals surface area (Å²) in [5, 5.41) is 0.742. The van der Waals surface area contributed by atoms with Gasteiger partial charge in [0.1, 0.15) is 0 Å². The maximum absolute atomic E-state index is 12.0. The SMILES string of the molecule is CC1CN(C(=O)CSCc2cccc(Cl)c2)CCO1. The molecule has 1 heterocycles. The van der Waals surface area contributed by atoms with Crippen LogP contribution in [0.2, 0.25) is 5.02 Å². The lowest BCUT2D eigenvalue weighted by molar-refractivity contribution is -0.135. The van der Waals surface area contributed by atoms with E-state index in [9.17, 15) is 4.79 Å². The summed E-state index contributed by atoms with van der Waals surface area (Å²) in [4.78, 5) is 13.9. The molecule has 0 N–H and O–H groups in total.